The SMILES string of the molecule is CC(C)N(C)Cc1ccc2c(c1)OCCC2n1cc(CC2C(=O)NC=CN2S(=O)(=O)c2cccc3cc(Br)ccc23)nn1. The van der Waals surface area contributed by atoms with Crippen molar-refractivity contribution in [3.8, 4) is 5.75 Å². The van der Waals surface area contributed by atoms with Gasteiger partial charge in [-0.05, 0) is 56.1 Å². The summed E-state index contributed by atoms with van der Waals surface area (Å²) in [6.45, 7) is 5.69. The van der Waals surface area contributed by atoms with Crippen molar-refractivity contribution in [3.63, 3.8) is 0 Å². The van der Waals surface area contributed by atoms with E-state index in [0.717, 1.165) is 32.0 Å². The summed E-state index contributed by atoms with van der Waals surface area (Å²) in [6.07, 6.45) is 5.31. The van der Waals surface area contributed by atoms with Gasteiger partial charge in [-0.2, -0.15) is 0 Å². The van der Waals surface area contributed by atoms with Crippen molar-refractivity contribution in [3.05, 3.63) is 94.5 Å². The molecule has 43 heavy (non-hydrogen) atoms. The molecule has 3 heterocycles. The van der Waals surface area contributed by atoms with E-state index in [1.54, 1.807) is 35.1 Å². The minimum atomic E-state index is -4.08. The Hall–Kier alpha value is -3.74. The first-order valence-electron chi connectivity index (χ1n) is 14.2. The van der Waals surface area contributed by atoms with Crippen LogP contribution >= 0.6 is 15.9 Å². The lowest BCUT2D eigenvalue weighted by molar-refractivity contribution is -0.124. The van der Waals surface area contributed by atoms with Crippen molar-refractivity contribution >= 4 is 42.6 Å². The minimum Gasteiger partial charge on any atom is -0.493 e. The van der Waals surface area contributed by atoms with Gasteiger partial charge >= 0.3 is 0 Å². The van der Waals surface area contributed by atoms with Gasteiger partial charge in [0.2, 0.25) is 5.91 Å². The Kier molecular flexibility index (Phi) is 8.01. The van der Waals surface area contributed by atoms with E-state index >= 15 is 0 Å². The third-order valence-corrected chi connectivity index (χ3v) is 10.4. The molecule has 0 spiro atoms. The number of nitrogens with zero attached hydrogens (tertiary/aromatic N) is 5. The Bertz CT molecular complexity index is 1820. The van der Waals surface area contributed by atoms with Crippen molar-refractivity contribution in [1.29, 1.82) is 0 Å². The van der Waals surface area contributed by atoms with Crippen LogP contribution in [0.25, 0.3) is 10.8 Å². The number of hydrogen-bond donors (Lipinski definition) is 1. The van der Waals surface area contributed by atoms with Gasteiger partial charge < -0.3 is 10.1 Å². The quantitative estimate of drug-likeness (QED) is 0.293. The second-order valence-corrected chi connectivity index (χ2v) is 14.0. The second kappa shape index (κ2) is 11.7. The van der Waals surface area contributed by atoms with Gasteiger partial charge in [0.15, 0.2) is 0 Å². The molecule has 3 aromatic carbocycles. The van der Waals surface area contributed by atoms with Gasteiger partial charge in [-0.15, -0.1) is 5.10 Å². The number of aromatic nitrogens is 3. The Balaban J connectivity index is 1.26. The molecule has 2 aliphatic rings. The van der Waals surface area contributed by atoms with Crippen LogP contribution < -0.4 is 10.1 Å². The number of carbonyl (C=O) groups is 1. The zero-order chi connectivity index (χ0) is 30.3. The van der Waals surface area contributed by atoms with E-state index in [1.165, 1.54) is 18.0 Å². The van der Waals surface area contributed by atoms with E-state index in [9.17, 15) is 13.2 Å². The first-order chi connectivity index (χ1) is 20.6. The smallest absolute Gasteiger partial charge is 0.265 e. The third-order valence-electron chi connectivity index (χ3n) is 8.09. The third kappa shape index (κ3) is 5.78. The maximum Gasteiger partial charge on any atom is 0.265 e. The number of rotatable bonds is 8. The number of sulfonamides is 1. The lowest BCUT2D eigenvalue weighted by Gasteiger charge is -2.31. The molecular formula is C31H33BrN6O4S. The topological polar surface area (TPSA) is 110 Å². The normalized spacial score (nSPS) is 18.7. The maximum atomic E-state index is 14.0. The molecule has 0 saturated carbocycles. The van der Waals surface area contributed by atoms with Crippen LogP contribution in [0, 0.1) is 0 Å². The van der Waals surface area contributed by atoms with Crippen molar-refractivity contribution in [2.75, 3.05) is 13.7 Å². The summed E-state index contributed by atoms with van der Waals surface area (Å²) in [4.78, 5) is 15.5. The molecule has 1 aromatic heterocycles. The zero-order valence-corrected chi connectivity index (χ0v) is 26.5. The summed E-state index contributed by atoms with van der Waals surface area (Å²) in [5.74, 6) is 0.401. The highest BCUT2D eigenvalue weighted by Gasteiger charge is 2.37. The second-order valence-electron chi connectivity index (χ2n) is 11.2. The van der Waals surface area contributed by atoms with Crippen molar-refractivity contribution in [2.45, 2.75) is 56.3 Å². The molecule has 0 radical (unpaired) electrons. The Morgan fingerprint density at radius 1 is 1.16 bits per heavy atom. The van der Waals surface area contributed by atoms with Gasteiger partial charge in [0.25, 0.3) is 10.0 Å². The predicted octanol–water partition coefficient (Wildman–Crippen LogP) is 4.61. The molecule has 2 aliphatic heterocycles. The van der Waals surface area contributed by atoms with Gasteiger partial charge in [0.1, 0.15) is 11.8 Å². The number of amides is 1. The number of halogens is 1. The molecule has 4 aromatic rings. The molecule has 1 amide bonds. The minimum absolute atomic E-state index is 0.0578. The van der Waals surface area contributed by atoms with Gasteiger partial charge in [-0.1, -0.05) is 51.5 Å². The van der Waals surface area contributed by atoms with Gasteiger partial charge in [0.05, 0.1) is 23.2 Å². The van der Waals surface area contributed by atoms with Crippen LogP contribution in [0.1, 0.15) is 43.1 Å². The summed E-state index contributed by atoms with van der Waals surface area (Å²) in [5.41, 5.74) is 2.70. The number of ether oxygens (including phenoxy) is 1. The summed E-state index contributed by atoms with van der Waals surface area (Å²) in [7, 11) is -1.98. The van der Waals surface area contributed by atoms with Crippen LogP contribution in [-0.4, -0.2) is 64.3 Å². The maximum absolute atomic E-state index is 14.0. The van der Waals surface area contributed by atoms with Gasteiger partial charge in [0, 0.05) is 59.4 Å². The molecule has 2 atom stereocenters. The average Bonchev–Trinajstić information content (AvgIpc) is 3.45. The lowest BCUT2D eigenvalue weighted by Crippen LogP contribution is -2.50. The summed E-state index contributed by atoms with van der Waals surface area (Å²) in [5, 5.41) is 12.8. The van der Waals surface area contributed by atoms with E-state index in [2.05, 4.69) is 75.6 Å². The summed E-state index contributed by atoms with van der Waals surface area (Å²) >= 11 is 3.45. The largest absolute Gasteiger partial charge is 0.493 e. The zero-order valence-electron chi connectivity index (χ0n) is 24.1. The predicted molar refractivity (Wildman–Crippen MR) is 167 cm³/mol. The molecule has 0 saturated heterocycles. The molecule has 0 bridgehead atoms. The fourth-order valence-corrected chi connectivity index (χ4v) is 7.56. The first-order valence-corrected chi connectivity index (χ1v) is 16.4. The van der Waals surface area contributed by atoms with E-state index in [4.69, 9.17) is 4.74 Å². The molecule has 224 valence electrons. The van der Waals surface area contributed by atoms with Gasteiger partial charge in [-0.3, -0.25) is 14.0 Å². The van der Waals surface area contributed by atoms with E-state index in [0.29, 0.717) is 30.1 Å². The fraction of sp³-hybridized carbons (Fsp3) is 0.323. The standard InChI is InChI=1S/C31H33BrN6O4S/c1-20(2)36(3)18-21-7-9-26-27(11-14-42-29(26)15-21)37-19-24(34-35-37)17-28-31(39)33-12-13-38(28)43(40,41)30-6-4-5-22-16-23(32)8-10-25(22)30/h4-10,12-13,15-16,19-20,27-28H,11,14,17-18H2,1-3H3,(H,33,39). The highest BCUT2D eigenvalue weighted by atomic mass is 79.9. The number of fused-ring (bicyclic) bond motifs is 2. The fourth-order valence-electron chi connectivity index (χ4n) is 5.52. The van der Waals surface area contributed by atoms with Crippen molar-refractivity contribution in [1.82, 2.24) is 29.5 Å². The molecule has 10 nitrogen and oxygen atoms in total. The van der Waals surface area contributed by atoms with Crippen LogP contribution in [0.5, 0.6) is 5.75 Å². The number of carbonyl (C=O) groups excluding carboxylic acids is 1. The van der Waals surface area contributed by atoms with Crippen molar-refractivity contribution < 1.29 is 17.9 Å². The molecule has 2 unspecified atom stereocenters. The highest BCUT2D eigenvalue weighted by Crippen LogP contribution is 2.36. The Morgan fingerprint density at radius 3 is 2.81 bits per heavy atom. The lowest BCUT2D eigenvalue weighted by atomic mass is 9.98. The molecule has 1 N–H and O–H groups in total. The number of nitrogens with one attached hydrogen (secondary N) is 1. The van der Waals surface area contributed by atoms with Crippen LogP contribution in [0.15, 0.2) is 82.6 Å². The molecule has 0 fully saturated rings. The van der Waals surface area contributed by atoms with E-state index in [-0.39, 0.29) is 17.4 Å². The molecule has 0 aliphatic carbocycles. The van der Waals surface area contributed by atoms with Gasteiger partial charge in [-0.25, -0.2) is 13.1 Å². The molecule has 6 rings (SSSR count). The molecule has 12 heteroatoms. The first kappa shape index (κ1) is 29.3. The van der Waals surface area contributed by atoms with E-state index < -0.39 is 22.0 Å². The monoisotopic (exact) mass is 664 g/mol. The highest BCUT2D eigenvalue weighted by molar-refractivity contribution is 9.10. The van der Waals surface area contributed by atoms with Crippen LogP contribution in [0.3, 0.4) is 0 Å². The Morgan fingerprint density at radius 2 is 2.00 bits per heavy atom. The van der Waals surface area contributed by atoms with Crippen LogP contribution in [0.2, 0.25) is 0 Å². The number of benzene rings is 3. The van der Waals surface area contributed by atoms with Crippen molar-refractivity contribution in [2.24, 2.45) is 0 Å². The van der Waals surface area contributed by atoms with Crippen LogP contribution in [0.4, 0.5) is 0 Å². The summed E-state index contributed by atoms with van der Waals surface area (Å²) < 4.78 is 37.7. The molecular weight excluding hydrogens is 632 g/mol. The summed E-state index contributed by atoms with van der Waals surface area (Å²) in [6, 6.07) is 16.1. The van der Waals surface area contributed by atoms with E-state index in [1.807, 2.05) is 12.1 Å². The average molecular weight is 666 g/mol. The number of hydrogen-bond acceptors (Lipinski definition) is 7. The van der Waals surface area contributed by atoms with Crippen LogP contribution in [-0.2, 0) is 27.8 Å². The Labute approximate surface area is 259 Å².